The van der Waals surface area contributed by atoms with Crippen molar-refractivity contribution >= 4 is 31.4 Å². The van der Waals surface area contributed by atoms with Crippen molar-refractivity contribution < 1.29 is 37.2 Å². The van der Waals surface area contributed by atoms with Crippen molar-refractivity contribution in [1.82, 2.24) is 24.2 Å². The summed E-state index contributed by atoms with van der Waals surface area (Å²) in [6.45, 7) is 8.18. The van der Waals surface area contributed by atoms with Crippen LogP contribution < -0.4 is 14.8 Å². The summed E-state index contributed by atoms with van der Waals surface area (Å²) in [7, 11) is 1.31. The highest BCUT2D eigenvalue weighted by atomic mass is 31.2. The van der Waals surface area contributed by atoms with Gasteiger partial charge in [0.15, 0.2) is 17.0 Å². The summed E-state index contributed by atoms with van der Waals surface area (Å²) in [5.74, 6) is 0.452. The highest BCUT2D eigenvalue weighted by Crippen LogP contribution is 2.51. The van der Waals surface area contributed by atoms with Crippen LogP contribution in [-0.2, 0) is 24.1 Å². The van der Waals surface area contributed by atoms with Crippen LogP contribution in [0.15, 0.2) is 122 Å². The molecular formula is C49H55FN7O7P. The fourth-order valence-electron chi connectivity index (χ4n) is 8.19. The lowest BCUT2D eigenvalue weighted by atomic mass is 9.79. The number of carbonyl (C=O) groups excluding carboxylic acids is 1. The number of nitriles is 1. The zero-order valence-electron chi connectivity index (χ0n) is 37.4. The number of aromatic nitrogens is 4. The Labute approximate surface area is 380 Å². The Hall–Kier alpha value is -5.85. The fourth-order valence-corrected chi connectivity index (χ4v) is 9.99. The number of amides is 1. The van der Waals surface area contributed by atoms with Gasteiger partial charge in [0, 0.05) is 23.6 Å². The summed E-state index contributed by atoms with van der Waals surface area (Å²) < 4.78 is 60.2. The van der Waals surface area contributed by atoms with Crippen LogP contribution in [0, 0.1) is 17.2 Å². The topological polar surface area (TPSA) is 155 Å². The van der Waals surface area contributed by atoms with E-state index in [1.54, 1.807) is 43.1 Å². The van der Waals surface area contributed by atoms with Crippen LogP contribution in [-0.4, -0.2) is 95.1 Å². The van der Waals surface area contributed by atoms with E-state index in [1.165, 1.54) is 12.7 Å². The number of nitrogens with zero attached hydrogens (tertiary/aromatic N) is 6. The maximum absolute atomic E-state index is 18.2. The second-order valence-corrected chi connectivity index (χ2v) is 17.5. The average Bonchev–Trinajstić information content (AvgIpc) is 3.70. The van der Waals surface area contributed by atoms with E-state index in [0.29, 0.717) is 22.7 Å². The van der Waals surface area contributed by atoms with E-state index in [0.717, 1.165) is 16.7 Å². The van der Waals surface area contributed by atoms with E-state index in [2.05, 4.69) is 31.0 Å². The van der Waals surface area contributed by atoms with Crippen LogP contribution in [0.25, 0.3) is 11.2 Å². The third-order valence-corrected chi connectivity index (χ3v) is 13.4. The first-order valence-corrected chi connectivity index (χ1v) is 22.7. The molecule has 1 fully saturated rings. The van der Waals surface area contributed by atoms with Crippen molar-refractivity contribution in [3.8, 4) is 17.6 Å². The molecule has 6 aromatic rings. The number of methoxy groups -OCH3 is 2. The number of alkyl halides is 1. The van der Waals surface area contributed by atoms with Gasteiger partial charge in [-0.2, -0.15) is 5.26 Å². The third kappa shape index (κ3) is 10.5. The molecule has 16 heteroatoms. The fraction of sp³-hybridized carbons (Fsp3) is 0.367. The molecule has 3 unspecified atom stereocenters. The SMILES string of the molecule is COc1ccc(C(OC[C@H]2COC[C@@H](n3cnc4c(NC(=O)c5ccccc5)ncnc43)C(F)C2OP(OCCC#N)N(C(C)C)C(C)C)(c2ccccc2)c2ccc(OC)cc2)cc1. The van der Waals surface area contributed by atoms with Crippen LogP contribution in [0.5, 0.6) is 11.5 Å². The van der Waals surface area contributed by atoms with Gasteiger partial charge >= 0.3 is 0 Å². The van der Waals surface area contributed by atoms with Crippen molar-refractivity contribution in [2.75, 3.05) is 46.0 Å². The Bertz CT molecular complexity index is 2440. The molecule has 5 atom stereocenters. The van der Waals surface area contributed by atoms with Gasteiger partial charge in [0.05, 0.1) is 65.5 Å². The van der Waals surface area contributed by atoms with Gasteiger partial charge < -0.3 is 37.9 Å². The van der Waals surface area contributed by atoms with Gasteiger partial charge in [0.1, 0.15) is 35.7 Å². The molecule has 14 nitrogen and oxygen atoms in total. The molecule has 3 heterocycles. The van der Waals surface area contributed by atoms with Crippen molar-refractivity contribution in [1.29, 1.82) is 5.26 Å². The first-order valence-electron chi connectivity index (χ1n) is 21.6. The predicted octanol–water partition coefficient (Wildman–Crippen LogP) is 9.29. The van der Waals surface area contributed by atoms with Gasteiger partial charge in [0.25, 0.3) is 14.4 Å². The van der Waals surface area contributed by atoms with E-state index in [4.69, 9.17) is 28.0 Å². The van der Waals surface area contributed by atoms with E-state index in [9.17, 15) is 10.1 Å². The summed E-state index contributed by atoms with van der Waals surface area (Å²) in [5.41, 5.74) is 2.26. The lowest BCUT2D eigenvalue weighted by molar-refractivity contribution is -0.0611. The highest BCUT2D eigenvalue weighted by Gasteiger charge is 2.46. The molecule has 1 N–H and O–H groups in total. The van der Waals surface area contributed by atoms with Crippen molar-refractivity contribution in [3.05, 3.63) is 144 Å². The number of imidazole rings is 1. The third-order valence-electron chi connectivity index (χ3n) is 11.3. The number of benzene rings is 4. The number of anilines is 1. The number of hydrogen-bond acceptors (Lipinski definition) is 12. The molecule has 1 saturated heterocycles. The molecule has 4 aromatic carbocycles. The molecule has 7 rings (SSSR count). The number of fused-ring (bicyclic) bond motifs is 1. The average molecular weight is 904 g/mol. The smallest absolute Gasteiger partial charge is 0.259 e. The number of rotatable bonds is 19. The van der Waals surface area contributed by atoms with Gasteiger partial charge in [-0.05, 0) is 80.8 Å². The molecule has 1 amide bonds. The molecule has 1 aliphatic rings. The van der Waals surface area contributed by atoms with E-state index >= 15 is 4.39 Å². The number of ether oxygens (including phenoxy) is 4. The molecule has 0 aliphatic carbocycles. The maximum Gasteiger partial charge on any atom is 0.259 e. The summed E-state index contributed by atoms with van der Waals surface area (Å²) in [6.07, 6.45) is 0.0120. The van der Waals surface area contributed by atoms with E-state index in [1.807, 2.05) is 113 Å². The number of halogens is 1. The van der Waals surface area contributed by atoms with Gasteiger partial charge in [0.2, 0.25) is 0 Å². The second kappa shape index (κ2) is 21.9. The summed E-state index contributed by atoms with van der Waals surface area (Å²) in [4.78, 5) is 26.6. The summed E-state index contributed by atoms with van der Waals surface area (Å²) >= 11 is 0. The number of carbonyl (C=O) groups is 1. The van der Waals surface area contributed by atoms with E-state index in [-0.39, 0.29) is 62.2 Å². The predicted molar refractivity (Wildman–Crippen MR) is 246 cm³/mol. The largest absolute Gasteiger partial charge is 0.497 e. The monoisotopic (exact) mass is 903 g/mol. The molecular weight excluding hydrogens is 849 g/mol. The zero-order chi connectivity index (χ0) is 45.9. The summed E-state index contributed by atoms with van der Waals surface area (Å²) in [5, 5.41) is 12.3. The lowest BCUT2D eigenvalue weighted by Crippen LogP contribution is -2.44. The Balaban J connectivity index is 1.31. The minimum atomic E-state index is -1.93. The van der Waals surface area contributed by atoms with Gasteiger partial charge in [-0.3, -0.25) is 4.79 Å². The highest BCUT2D eigenvalue weighted by molar-refractivity contribution is 7.44. The molecule has 0 bridgehead atoms. The van der Waals surface area contributed by atoms with E-state index < -0.39 is 38.4 Å². The quantitative estimate of drug-likeness (QED) is 0.0468. The number of nitrogens with one attached hydrogen (secondary N) is 1. The number of hydrogen-bond donors (Lipinski definition) is 1. The Kier molecular flexibility index (Phi) is 15.9. The van der Waals surface area contributed by atoms with Crippen molar-refractivity contribution in [2.45, 2.75) is 70.1 Å². The van der Waals surface area contributed by atoms with Gasteiger partial charge in [-0.1, -0.05) is 72.8 Å². The van der Waals surface area contributed by atoms with Crippen LogP contribution in [0.1, 0.15) is 67.2 Å². The minimum absolute atomic E-state index is 0.0298. The molecule has 1 aliphatic heterocycles. The maximum atomic E-state index is 18.2. The van der Waals surface area contributed by atoms with Crippen LogP contribution >= 0.6 is 8.53 Å². The first-order chi connectivity index (χ1) is 31.6. The summed E-state index contributed by atoms with van der Waals surface area (Å²) in [6, 6.07) is 35.1. The molecule has 0 saturated carbocycles. The van der Waals surface area contributed by atoms with Crippen molar-refractivity contribution in [2.24, 2.45) is 5.92 Å². The molecule has 65 heavy (non-hydrogen) atoms. The normalized spacial score (nSPS) is 18.4. The molecule has 0 spiro atoms. The van der Waals surface area contributed by atoms with Gasteiger partial charge in [-0.15, -0.1) is 0 Å². The minimum Gasteiger partial charge on any atom is -0.497 e. The van der Waals surface area contributed by atoms with Crippen molar-refractivity contribution in [3.63, 3.8) is 0 Å². The molecule has 0 radical (unpaired) electrons. The Morgan fingerprint density at radius 3 is 2.06 bits per heavy atom. The van der Waals surface area contributed by atoms with Crippen LogP contribution in [0.3, 0.4) is 0 Å². The molecule has 340 valence electrons. The van der Waals surface area contributed by atoms with Crippen LogP contribution in [0.2, 0.25) is 0 Å². The standard InChI is InChI=1S/C49H55FN7O7P/c1-33(2)57(34(3)4)65(63-27-13-26-51)64-45-36(28-61-30-42(43(45)50)56-32-54-44-46(52-31-53-47(44)56)55-48(58)35-14-9-7-10-15-35)29-62-49(37-16-11-8-12-17-37,38-18-22-40(59-5)23-19-38)39-20-24-41(60-6)25-21-39/h7-12,14-25,31-34,36,42-43,45H,13,27-30H2,1-6H3,(H,52,53,55,58)/t36-,42-,43?,45?,65?/m1/s1. The lowest BCUT2D eigenvalue weighted by Gasteiger charge is -2.41. The first kappa shape index (κ1) is 47.1. The van der Waals surface area contributed by atoms with Gasteiger partial charge in [-0.25, -0.2) is 24.0 Å². The Morgan fingerprint density at radius 1 is 0.877 bits per heavy atom. The molecule has 2 aromatic heterocycles. The second-order valence-electron chi connectivity index (χ2n) is 16.1. The van der Waals surface area contributed by atoms with Crippen LogP contribution in [0.4, 0.5) is 10.2 Å². The Morgan fingerprint density at radius 2 is 1.48 bits per heavy atom. The zero-order valence-corrected chi connectivity index (χ0v) is 38.3.